The number of nitrogens with two attached hydrogens (primary N) is 1. The number of benzene rings is 1. The molecule has 0 aromatic heterocycles. The predicted molar refractivity (Wildman–Crippen MR) is 79.6 cm³/mol. The lowest BCUT2D eigenvalue weighted by molar-refractivity contribution is -0.126. The molecule has 0 saturated heterocycles. The zero-order valence-electron chi connectivity index (χ0n) is 12.1. The third-order valence-electron chi connectivity index (χ3n) is 3.82. The fraction of sp³-hybridized carbons (Fsp3) is 0.562. The molecule has 2 rings (SSSR count). The molecule has 1 aliphatic carbocycles. The van der Waals surface area contributed by atoms with Gasteiger partial charge in [-0.25, -0.2) is 0 Å². The Morgan fingerprint density at radius 1 is 1.40 bits per heavy atom. The van der Waals surface area contributed by atoms with Crippen LogP contribution in [0.1, 0.15) is 31.2 Å². The highest BCUT2D eigenvalue weighted by Crippen LogP contribution is 2.22. The van der Waals surface area contributed by atoms with Crippen LogP contribution in [0.5, 0.6) is 5.75 Å². The van der Waals surface area contributed by atoms with Crippen molar-refractivity contribution < 1.29 is 9.53 Å². The Balaban J connectivity index is 1.69. The van der Waals surface area contributed by atoms with E-state index in [1.807, 2.05) is 31.2 Å². The lowest BCUT2D eigenvalue weighted by atomic mass is 9.84. The van der Waals surface area contributed by atoms with Gasteiger partial charge < -0.3 is 15.8 Å². The van der Waals surface area contributed by atoms with Gasteiger partial charge in [-0.3, -0.25) is 4.79 Å². The molecule has 1 aromatic rings. The predicted octanol–water partition coefficient (Wildman–Crippen LogP) is 2.01. The maximum absolute atomic E-state index is 12.0. The van der Waals surface area contributed by atoms with Crippen molar-refractivity contribution >= 4 is 5.91 Å². The summed E-state index contributed by atoms with van der Waals surface area (Å²) in [5, 5.41) is 2.92. The number of nitrogens with one attached hydrogen (secondary N) is 1. The minimum absolute atomic E-state index is 0.0152. The van der Waals surface area contributed by atoms with Gasteiger partial charge >= 0.3 is 0 Å². The maximum atomic E-state index is 12.0. The van der Waals surface area contributed by atoms with Gasteiger partial charge in [0.25, 0.3) is 0 Å². The van der Waals surface area contributed by atoms with E-state index in [-0.39, 0.29) is 17.9 Å². The first-order valence-corrected chi connectivity index (χ1v) is 7.39. The van der Waals surface area contributed by atoms with Gasteiger partial charge in [0, 0.05) is 6.04 Å². The van der Waals surface area contributed by atoms with Gasteiger partial charge in [-0.05, 0) is 37.5 Å². The summed E-state index contributed by atoms with van der Waals surface area (Å²) in [7, 11) is 0. The van der Waals surface area contributed by atoms with E-state index in [4.69, 9.17) is 10.5 Å². The third kappa shape index (κ3) is 4.23. The van der Waals surface area contributed by atoms with E-state index in [0.29, 0.717) is 13.2 Å². The maximum Gasteiger partial charge on any atom is 0.224 e. The first-order valence-electron chi connectivity index (χ1n) is 7.39. The molecule has 3 N–H and O–H groups in total. The summed E-state index contributed by atoms with van der Waals surface area (Å²) >= 11 is 0. The topological polar surface area (TPSA) is 64.3 Å². The van der Waals surface area contributed by atoms with E-state index in [0.717, 1.165) is 31.4 Å². The molecular weight excluding hydrogens is 252 g/mol. The summed E-state index contributed by atoms with van der Waals surface area (Å²) in [5.74, 6) is 0.890. The first kappa shape index (κ1) is 14.9. The van der Waals surface area contributed by atoms with Crippen molar-refractivity contribution in [3.8, 4) is 5.75 Å². The molecule has 2 unspecified atom stereocenters. The molecule has 110 valence electrons. The van der Waals surface area contributed by atoms with Crippen molar-refractivity contribution in [3.05, 3.63) is 29.8 Å². The number of hydrogen-bond donors (Lipinski definition) is 2. The standard InChI is InChI=1S/C16H24N2O2/c1-12-5-4-6-13(11-12)20-10-9-18-16(19)14-7-2-3-8-15(14)17/h4-6,11,14-15H,2-3,7-10,17H2,1H3,(H,18,19). The highest BCUT2D eigenvalue weighted by atomic mass is 16.5. The number of ether oxygens (including phenoxy) is 1. The molecule has 1 aliphatic rings. The SMILES string of the molecule is Cc1cccc(OCCNC(=O)C2CCCCC2N)c1. The third-order valence-corrected chi connectivity index (χ3v) is 3.82. The van der Waals surface area contributed by atoms with Crippen LogP contribution in [-0.2, 0) is 4.79 Å². The molecular formula is C16H24N2O2. The van der Waals surface area contributed by atoms with E-state index < -0.39 is 0 Å². The molecule has 1 amide bonds. The van der Waals surface area contributed by atoms with Crippen molar-refractivity contribution in [1.29, 1.82) is 0 Å². The van der Waals surface area contributed by atoms with Crippen molar-refractivity contribution in [2.24, 2.45) is 11.7 Å². The minimum atomic E-state index is -0.0253. The summed E-state index contributed by atoms with van der Waals surface area (Å²) in [5.41, 5.74) is 7.17. The monoisotopic (exact) mass is 276 g/mol. The lowest BCUT2D eigenvalue weighted by Gasteiger charge is -2.27. The van der Waals surface area contributed by atoms with Gasteiger partial charge in [-0.1, -0.05) is 25.0 Å². The number of carbonyl (C=O) groups excluding carboxylic acids is 1. The van der Waals surface area contributed by atoms with Crippen molar-refractivity contribution in [1.82, 2.24) is 5.32 Å². The highest BCUT2D eigenvalue weighted by molar-refractivity contribution is 5.79. The number of rotatable bonds is 5. The van der Waals surface area contributed by atoms with Crippen molar-refractivity contribution in [3.63, 3.8) is 0 Å². The Morgan fingerprint density at radius 3 is 2.95 bits per heavy atom. The highest BCUT2D eigenvalue weighted by Gasteiger charge is 2.27. The first-order chi connectivity index (χ1) is 9.66. The van der Waals surface area contributed by atoms with Crippen LogP contribution in [0.3, 0.4) is 0 Å². The Labute approximate surface area is 120 Å². The second kappa shape index (κ2) is 7.29. The van der Waals surface area contributed by atoms with Crippen LogP contribution in [0.25, 0.3) is 0 Å². The molecule has 0 bridgehead atoms. The summed E-state index contributed by atoms with van der Waals surface area (Å²) in [4.78, 5) is 12.0. The smallest absolute Gasteiger partial charge is 0.224 e. The normalized spacial score (nSPS) is 22.3. The Morgan fingerprint density at radius 2 is 2.20 bits per heavy atom. The molecule has 1 fully saturated rings. The number of hydrogen-bond acceptors (Lipinski definition) is 3. The quantitative estimate of drug-likeness (QED) is 0.809. The average Bonchev–Trinajstić information content (AvgIpc) is 2.44. The Hall–Kier alpha value is -1.55. The van der Waals surface area contributed by atoms with E-state index in [9.17, 15) is 4.79 Å². The molecule has 0 heterocycles. The molecule has 4 heteroatoms. The molecule has 0 radical (unpaired) electrons. The van der Waals surface area contributed by atoms with Crippen LogP contribution in [-0.4, -0.2) is 25.1 Å². The van der Waals surface area contributed by atoms with E-state index >= 15 is 0 Å². The molecule has 1 saturated carbocycles. The summed E-state index contributed by atoms with van der Waals surface area (Å²) in [6.07, 6.45) is 4.11. The van der Waals surface area contributed by atoms with Crippen LogP contribution in [0.2, 0.25) is 0 Å². The van der Waals surface area contributed by atoms with Crippen LogP contribution in [0.4, 0.5) is 0 Å². The largest absolute Gasteiger partial charge is 0.492 e. The zero-order valence-corrected chi connectivity index (χ0v) is 12.1. The van der Waals surface area contributed by atoms with Gasteiger partial charge in [0.05, 0.1) is 12.5 Å². The second-order valence-corrected chi connectivity index (χ2v) is 5.51. The van der Waals surface area contributed by atoms with Gasteiger partial charge in [0.15, 0.2) is 0 Å². The number of carbonyl (C=O) groups is 1. The number of amides is 1. The zero-order chi connectivity index (χ0) is 14.4. The van der Waals surface area contributed by atoms with E-state index in [1.165, 1.54) is 5.56 Å². The van der Waals surface area contributed by atoms with Crippen LogP contribution in [0, 0.1) is 12.8 Å². The van der Waals surface area contributed by atoms with Gasteiger partial charge in [0.1, 0.15) is 12.4 Å². The van der Waals surface area contributed by atoms with Crippen molar-refractivity contribution in [2.75, 3.05) is 13.2 Å². The summed E-state index contributed by atoms with van der Waals surface area (Å²) in [6, 6.07) is 7.91. The Kier molecular flexibility index (Phi) is 5.41. The average molecular weight is 276 g/mol. The molecule has 1 aromatic carbocycles. The molecule has 2 atom stereocenters. The van der Waals surface area contributed by atoms with Crippen molar-refractivity contribution in [2.45, 2.75) is 38.6 Å². The molecule has 20 heavy (non-hydrogen) atoms. The van der Waals surface area contributed by atoms with E-state index in [2.05, 4.69) is 5.32 Å². The van der Waals surface area contributed by atoms with Crippen LogP contribution in [0.15, 0.2) is 24.3 Å². The number of aryl methyl sites for hydroxylation is 1. The van der Waals surface area contributed by atoms with Gasteiger partial charge in [-0.2, -0.15) is 0 Å². The lowest BCUT2D eigenvalue weighted by Crippen LogP contribution is -2.44. The minimum Gasteiger partial charge on any atom is -0.492 e. The summed E-state index contributed by atoms with van der Waals surface area (Å²) in [6.45, 7) is 3.03. The summed E-state index contributed by atoms with van der Waals surface area (Å²) < 4.78 is 5.61. The van der Waals surface area contributed by atoms with Gasteiger partial charge in [-0.15, -0.1) is 0 Å². The fourth-order valence-corrected chi connectivity index (χ4v) is 2.66. The second-order valence-electron chi connectivity index (χ2n) is 5.51. The molecule has 0 spiro atoms. The van der Waals surface area contributed by atoms with Crippen LogP contribution >= 0.6 is 0 Å². The van der Waals surface area contributed by atoms with Gasteiger partial charge in [0.2, 0.25) is 5.91 Å². The van der Waals surface area contributed by atoms with Crippen LogP contribution < -0.4 is 15.8 Å². The van der Waals surface area contributed by atoms with E-state index in [1.54, 1.807) is 0 Å². The fourth-order valence-electron chi connectivity index (χ4n) is 2.66. The molecule has 0 aliphatic heterocycles. The molecule has 4 nitrogen and oxygen atoms in total. The Bertz CT molecular complexity index is 448.